The average molecular weight is 209 g/mol. The number of nitrogens with zero attached hydrogens (tertiary/aromatic N) is 2. The van der Waals surface area contributed by atoms with Gasteiger partial charge in [-0.3, -0.25) is 0 Å². The Morgan fingerprint density at radius 3 is 3.21 bits per heavy atom. The second kappa shape index (κ2) is 4.09. The Morgan fingerprint density at radius 2 is 2.50 bits per heavy atom. The molecule has 0 saturated carbocycles. The van der Waals surface area contributed by atoms with Gasteiger partial charge in [-0.15, -0.1) is 0 Å². The summed E-state index contributed by atoms with van der Waals surface area (Å²) in [5, 5.41) is 0. The van der Waals surface area contributed by atoms with Crippen molar-refractivity contribution in [2.75, 3.05) is 18.0 Å². The summed E-state index contributed by atoms with van der Waals surface area (Å²) in [7, 11) is 0. The van der Waals surface area contributed by atoms with Crippen molar-refractivity contribution in [2.45, 2.75) is 19.8 Å². The van der Waals surface area contributed by atoms with Crippen LogP contribution in [0.4, 0.5) is 5.82 Å². The Morgan fingerprint density at radius 1 is 1.64 bits per heavy atom. The van der Waals surface area contributed by atoms with Crippen LogP contribution in [0.15, 0.2) is 12.4 Å². The molecule has 0 aromatic carbocycles. The number of anilines is 1. The first-order valence-corrected chi connectivity index (χ1v) is 5.46. The molecule has 0 spiro atoms. The van der Waals surface area contributed by atoms with Crippen LogP contribution in [-0.2, 0) is 0 Å². The molecule has 0 radical (unpaired) electrons. The zero-order valence-corrected chi connectivity index (χ0v) is 9.18. The van der Waals surface area contributed by atoms with E-state index in [1.165, 1.54) is 12.8 Å². The van der Waals surface area contributed by atoms with Gasteiger partial charge in [0.25, 0.3) is 0 Å². The SMILES string of the molecule is C[C@@H]1CCCN(c2cc(=S)nc[nH]2)C1. The lowest BCUT2D eigenvalue weighted by molar-refractivity contribution is 0.444. The van der Waals surface area contributed by atoms with Crippen molar-refractivity contribution in [2.24, 2.45) is 5.92 Å². The minimum Gasteiger partial charge on any atom is -0.358 e. The zero-order chi connectivity index (χ0) is 9.97. The van der Waals surface area contributed by atoms with Crippen LogP contribution in [0.5, 0.6) is 0 Å². The smallest absolute Gasteiger partial charge is 0.131 e. The van der Waals surface area contributed by atoms with E-state index in [9.17, 15) is 0 Å². The molecule has 1 atom stereocenters. The summed E-state index contributed by atoms with van der Waals surface area (Å²) in [5.74, 6) is 1.88. The quantitative estimate of drug-likeness (QED) is 0.721. The molecule has 2 heterocycles. The molecule has 2 rings (SSSR count). The van der Waals surface area contributed by atoms with Gasteiger partial charge in [0.2, 0.25) is 0 Å². The number of hydrogen-bond acceptors (Lipinski definition) is 3. The van der Waals surface area contributed by atoms with Gasteiger partial charge in [-0.1, -0.05) is 19.1 Å². The molecule has 0 amide bonds. The monoisotopic (exact) mass is 209 g/mol. The summed E-state index contributed by atoms with van der Waals surface area (Å²) < 4.78 is 0.664. The van der Waals surface area contributed by atoms with E-state index in [0.29, 0.717) is 4.64 Å². The van der Waals surface area contributed by atoms with Gasteiger partial charge in [-0.25, -0.2) is 4.98 Å². The van der Waals surface area contributed by atoms with Crippen molar-refractivity contribution in [1.82, 2.24) is 9.97 Å². The summed E-state index contributed by atoms with van der Waals surface area (Å²) in [6.07, 6.45) is 4.28. The lowest BCUT2D eigenvalue weighted by Crippen LogP contribution is -2.34. The van der Waals surface area contributed by atoms with Gasteiger partial charge >= 0.3 is 0 Å². The molecular formula is C10H15N3S. The van der Waals surface area contributed by atoms with Crippen LogP contribution >= 0.6 is 12.2 Å². The molecule has 14 heavy (non-hydrogen) atoms. The van der Waals surface area contributed by atoms with Crippen LogP contribution in [0.25, 0.3) is 0 Å². The fourth-order valence-electron chi connectivity index (χ4n) is 1.95. The van der Waals surface area contributed by atoms with Gasteiger partial charge in [0.1, 0.15) is 10.5 Å². The molecule has 0 aliphatic carbocycles. The Labute approximate surface area is 89.2 Å². The van der Waals surface area contributed by atoms with Crippen LogP contribution in [-0.4, -0.2) is 23.1 Å². The predicted molar refractivity (Wildman–Crippen MR) is 60.0 cm³/mol. The number of aromatic nitrogens is 2. The van der Waals surface area contributed by atoms with Crippen molar-refractivity contribution in [1.29, 1.82) is 0 Å². The highest BCUT2D eigenvalue weighted by Gasteiger charge is 2.16. The van der Waals surface area contributed by atoms with Crippen molar-refractivity contribution in [3.8, 4) is 0 Å². The third-order valence-corrected chi connectivity index (χ3v) is 2.89. The number of H-pyrrole nitrogens is 1. The minimum absolute atomic E-state index is 0.664. The maximum Gasteiger partial charge on any atom is 0.131 e. The van der Waals surface area contributed by atoms with Crippen molar-refractivity contribution in [3.63, 3.8) is 0 Å². The van der Waals surface area contributed by atoms with E-state index >= 15 is 0 Å². The van der Waals surface area contributed by atoms with E-state index in [4.69, 9.17) is 12.2 Å². The highest BCUT2D eigenvalue weighted by Crippen LogP contribution is 2.20. The van der Waals surface area contributed by atoms with Gasteiger partial charge in [0, 0.05) is 19.2 Å². The fourth-order valence-corrected chi connectivity index (χ4v) is 2.11. The molecule has 0 unspecified atom stereocenters. The predicted octanol–water partition coefficient (Wildman–Crippen LogP) is 2.38. The molecule has 1 fully saturated rings. The standard InChI is InChI=1S/C10H15N3S/c1-8-3-2-4-13(6-8)9-5-10(14)12-7-11-9/h5,7-8H,2-4,6H2,1H3,(H,11,12,14)/t8-/m1/s1. The van der Waals surface area contributed by atoms with Crippen LogP contribution in [0, 0.1) is 10.6 Å². The summed E-state index contributed by atoms with van der Waals surface area (Å²) in [4.78, 5) is 9.49. The minimum atomic E-state index is 0.664. The summed E-state index contributed by atoms with van der Waals surface area (Å²) >= 11 is 5.04. The van der Waals surface area contributed by atoms with Crippen molar-refractivity contribution in [3.05, 3.63) is 17.0 Å². The topological polar surface area (TPSA) is 31.9 Å². The molecule has 1 aliphatic heterocycles. The van der Waals surface area contributed by atoms with Gasteiger partial charge in [0.05, 0.1) is 6.33 Å². The molecule has 1 aliphatic rings. The van der Waals surface area contributed by atoms with Crippen molar-refractivity contribution < 1.29 is 0 Å². The first-order valence-electron chi connectivity index (χ1n) is 5.05. The first-order chi connectivity index (χ1) is 6.75. The van der Waals surface area contributed by atoms with Crippen molar-refractivity contribution >= 4 is 18.0 Å². The summed E-state index contributed by atoms with van der Waals surface area (Å²) in [6.45, 7) is 4.54. The molecule has 1 saturated heterocycles. The highest BCUT2D eigenvalue weighted by molar-refractivity contribution is 7.71. The van der Waals surface area contributed by atoms with Gasteiger partial charge < -0.3 is 9.88 Å². The molecule has 1 N–H and O–H groups in total. The molecule has 3 nitrogen and oxygen atoms in total. The Hall–Kier alpha value is -0.900. The molecule has 1 aromatic heterocycles. The van der Waals surface area contributed by atoms with Crippen LogP contribution in [0.2, 0.25) is 0 Å². The van der Waals surface area contributed by atoms with E-state index in [2.05, 4.69) is 21.8 Å². The van der Waals surface area contributed by atoms with E-state index in [1.54, 1.807) is 6.33 Å². The third kappa shape index (κ3) is 2.12. The van der Waals surface area contributed by atoms with E-state index in [1.807, 2.05) is 6.07 Å². The van der Waals surface area contributed by atoms with E-state index in [0.717, 1.165) is 24.8 Å². The normalized spacial score (nSPS) is 22.4. The Bertz CT molecular complexity index is 360. The third-order valence-electron chi connectivity index (χ3n) is 2.66. The van der Waals surface area contributed by atoms with Gasteiger partial charge in [-0.2, -0.15) is 0 Å². The van der Waals surface area contributed by atoms with Crippen LogP contribution in [0.3, 0.4) is 0 Å². The lowest BCUT2D eigenvalue weighted by atomic mass is 10.0. The zero-order valence-electron chi connectivity index (χ0n) is 8.36. The summed E-state index contributed by atoms with van der Waals surface area (Å²) in [6, 6.07) is 1.94. The molecule has 1 aromatic rings. The second-order valence-corrected chi connectivity index (χ2v) is 4.38. The Kier molecular flexibility index (Phi) is 2.82. The molecule has 4 heteroatoms. The first kappa shape index (κ1) is 9.65. The number of piperidine rings is 1. The van der Waals surface area contributed by atoms with E-state index < -0.39 is 0 Å². The molecule has 76 valence electrons. The number of rotatable bonds is 1. The largest absolute Gasteiger partial charge is 0.358 e. The summed E-state index contributed by atoms with van der Waals surface area (Å²) in [5.41, 5.74) is 0. The Balaban J connectivity index is 2.18. The number of hydrogen-bond donors (Lipinski definition) is 1. The lowest BCUT2D eigenvalue weighted by Gasteiger charge is -2.32. The highest BCUT2D eigenvalue weighted by atomic mass is 32.1. The van der Waals surface area contributed by atoms with Crippen LogP contribution in [0.1, 0.15) is 19.8 Å². The van der Waals surface area contributed by atoms with Gasteiger partial charge in [-0.05, 0) is 18.8 Å². The number of nitrogens with one attached hydrogen (secondary N) is 1. The van der Waals surface area contributed by atoms with E-state index in [-0.39, 0.29) is 0 Å². The maximum absolute atomic E-state index is 5.04. The average Bonchev–Trinajstić information content (AvgIpc) is 2.18. The maximum atomic E-state index is 5.04. The number of aromatic amines is 1. The fraction of sp³-hybridized carbons (Fsp3) is 0.600. The molecule has 0 bridgehead atoms. The second-order valence-electron chi connectivity index (χ2n) is 3.96. The van der Waals surface area contributed by atoms with Crippen LogP contribution < -0.4 is 4.90 Å². The van der Waals surface area contributed by atoms with Gasteiger partial charge in [0.15, 0.2) is 0 Å². The molecular weight excluding hydrogens is 194 g/mol.